The number of aromatic nitrogens is 1. The minimum atomic E-state index is 0.750. The van der Waals surface area contributed by atoms with E-state index in [-0.39, 0.29) is 0 Å². The first-order chi connectivity index (χ1) is 12.7. The van der Waals surface area contributed by atoms with Crippen molar-refractivity contribution in [1.82, 2.24) is 4.98 Å². The Balaban J connectivity index is 2.01. The summed E-state index contributed by atoms with van der Waals surface area (Å²) >= 11 is 3.62. The van der Waals surface area contributed by atoms with E-state index >= 15 is 0 Å². The summed E-state index contributed by atoms with van der Waals surface area (Å²) in [6.07, 6.45) is 3.21. The predicted octanol–water partition coefficient (Wildman–Crippen LogP) is 5.73. The Hall–Kier alpha value is -1.78. The number of H-pyrrole nitrogens is 1. The monoisotopic (exact) mass is 413 g/mol. The van der Waals surface area contributed by atoms with Crippen LogP contribution in [0.15, 0.2) is 46.9 Å². The average molecular weight is 414 g/mol. The van der Waals surface area contributed by atoms with Crippen LogP contribution < -0.4 is 10.6 Å². The van der Waals surface area contributed by atoms with E-state index in [0.717, 1.165) is 43.4 Å². The van der Waals surface area contributed by atoms with Crippen molar-refractivity contribution >= 4 is 32.5 Å². The summed E-state index contributed by atoms with van der Waals surface area (Å²) < 4.78 is 1.12. The van der Waals surface area contributed by atoms with Gasteiger partial charge in [0, 0.05) is 39.8 Å². The molecule has 0 unspecified atom stereocenters. The highest BCUT2D eigenvalue weighted by atomic mass is 79.9. The molecular formula is C22H28BrN3. The van der Waals surface area contributed by atoms with Crippen molar-refractivity contribution < 1.29 is 0 Å². The molecule has 0 atom stereocenters. The number of rotatable bonds is 8. The van der Waals surface area contributed by atoms with Gasteiger partial charge in [0.1, 0.15) is 0 Å². The third kappa shape index (κ3) is 3.97. The van der Waals surface area contributed by atoms with E-state index in [4.69, 9.17) is 5.73 Å². The minimum Gasteiger partial charge on any atom is -0.372 e. The van der Waals surface area contributed by atoms with Gasteiger partial charge in [0.05, 0.1) is 0 Å². The first-order valence-corrected chi connectivity index (χ1v) is 10.3. The van der Waals surface area contributed by atoms with Crippen molar-refractivity contribution in [1.29, 1.82) is 0 Å². The summed E-state index contributed by atoms with van der Waals surface area (Å²) in [5, 5.41) is 1.30. The van der Waals surface area contributed by atoms with Crippen LogP contribution in [0.5, 0.6) is 0 Å². The van der Waals surface area contributed by atoms with Gasteiger partial charge in [0.25, 0.3) is 0 Å². The molecule has 2 aromatic carbocycles. The van der Waals surface area contributed by atoms with E-state index in [0.29, 0.717) is 0 Å². The maximum absolute atomic E-state index is 5.71. The van der Waals surface area contributed by atoms with Crippen molar-refractivity contribution in [3.8, 4) is 11.3 Å². The molecule has 0 saturated heterocycles. The number of fused-ring (bicyclic) bond motifs is 1. The Morgan fingerprint density at radius 3 is 2.38 bits per heavy atom. The molecule has 0 aliphatic heterocycles. The molecule has 3 nitrogen and oxygen atoms in total. The molecule has 0 aliphatic carbocycles. The lowest BCUT2D eigenvalue weighted by molar-refractivity contribution is 0.748. The maximum atomic E-state index is 5.71. The number of hydrogen-bond acceptors (Lipinski definition) is 2. The fourth-order valence-electron chi connectivity index (χ4n) is 3.60. The van der Waals surface area contributed by atoms with Crippen LogP contribution in [0.25, 0.3) is 22.2 Å². The van der Waals surface area contributed by atoms with E-state index in [1.807, 2.05) is 0 Å². The van der Waals surface area contributed by atoms with Crippen molar-refractivity contribution in [3.05, 3.63) is 52.5 Å². The highest BCUT2D eigenvalue weighted by Crippen LogP contribution is 2.34. The topological polar surface area (TPSA) is 45.0 Å². The summed E-state index contributed by atoms with van der Waals surface area (Å²) in [5.74, 6) is 0. The minimum absolute atomic E-state index is 0.750. The van der Waals surface area contributed by atoms with Crippen molar-refractivity contribution in [2.24, 2.45) is 5.73 Å². The number of nitrogens with two attached hydrogens (primary N) is 1. The number of aromatic amines is 1. The van der Waals surface area contributed by atoms with Crippen LogP contribution in [-0.4, -0.2) is 24.6 Å². The summed E-state index contributed by atoms with van der Waals surface area (Å²) in [6.45, 7) is 7.20. The predicted molar refractivity (Wildman–Crippen MR) is 117 cm³/mol. The third-order valence-electron chi connectivity index (χ3n) is 5.03. The van der Waals surface area contributed by atoms with Gasteiger partial charge in [-0.3, -0.25) is 0 Å². The highest BCUT2D eigenvalue weighted by molar-refractivity contribution is 9.10. The zero-order valence-electron chi connectivity index (χ0n) is 15.7. The lowest BCUT2D eigenvalue weighted by Gasteiger charge is -2.21. The van der Waals surface area contributed by atoms with E-state index in [1.54, 1.807) is 0 Å². The van der Waals surface area contributed by atoms with Crippen LogP contribution in [0, 0.1) is 0 Å². The van der Waals surface area contributed by atoms with Gasteiger partial charge in [-0.25, -0.2) is 0 Å². The maximum Gasteiger partial charge on any atom is 0.0497 e. The third-order valence-corrected chi connectivity index (χ3v) is 5.53. The van der Waals surface area contributed by atoms with Crippen molar-refractivity contribution in [2.45, 2.75) is 33.1 Å². The van der Waals surface area contributed by atoms with Crippen LogP contribution in [0.2, 0.25) is 0 Å². The molecule has 138 valence electrons. The van der Waals surface area contributed by atoms with Crippen LogP contribution >= 0.6 is 15.9 Å². The van der Waals surface area contributed by atoms with Gasteiger partial charge in [-0.1, -0.05) is 28.1 Å². The first-order valence-electron chi connectivity index (χ1n) is 9.53. The second-order valence-electron chi connectivity index (χ2n) is 6.63. The fraction of sp³-hybridized carbons (Fsp3) is 0.364. The van der Waals surface area contributed by atoms with Gasteiger partial charge in [0.2, 0.25) is 0 Å². The number of benzene rings is 2. The molecule has 0 spiro atoms. The van der Waals surface area contributed by atoms with Crippen LogP contribution in [-0.2, 0) is 6.42 Å². The Morgan fingerprint density at radius 2 is 1.73 bits per heavy atom. The standard InChI is InChI=1S/C22H28BrN3/c1-3-26(4-2)18-11-8-16(9-12-18)22-19(7-5-6-14-24)20-15-17(23)10-13-21(20)25-22/h8-13,15,25H,3-7,14,24H2,1-2H3. The lowest BCUT2D eigenvalue weighted by Crippen LogP contribution is -2.21. The average Bonchev–Trinajstić information content (AvgIpc) is 3.01. The molecule has 26 heavy (non-hydrogen) atoms. The Kier molecular flexibility index (Phi) is 6.38. The molecule has 4 heteroatoms. The molecule has 0 fully saturated rings. The summed E-state index contributed by atoms with van der Waals surface area (Å²) in [5.41, 5.74) is 12.1. The van der Waals surface area contributed by atoms with Crippen LogP contribution in [0.3, 0.4) is 0 Å². The number of unbranched alkanes of at least 4 members (excludes halogenated alkanes) is 1. The van der Waals surface area contributed by atoms with Gasteiger partial charge >= 0.3 is 0 Å². The van der Waals surface area contributed by atoms with Gasteiger partial charge in [0.15, 0.2) is 0 Å². The molecular weight excluding hydrogens is 386 g/mol. The van der Waals surface area contributed by atoms with Crippen molar-refractivity contribution in [3.63, 3.8) is 0 Å². The first kappa shape index (κ1) is 19.0. The molecule has 0 radical (unpaired) electrons. The number of hydrogen-bond donors (Lipinski definition) is 2. The summed E-state index contributed by atoms with van der Waals surface area (Å²) in [7, 11) is 0. The van der Waals surface area contributed by atoms with Crippen LogP contribution in [0.1, 0.15) is 32.3 Å². The number of aryl methyl sites for hydroxylation is 1. The molecule has 0 amide bonds. The molecule has 3 rings (SSSR count). The largest absolute Gasteiger partial charge is 0.372 e. The molecule has 3 N–H and O–H groups in total. The van der Waals surface area contributed by atoms with Gasteiger partial charge < -0.3 is 15.6 Å². The smallest absolute Gasteiger partial charge is 0.0497 e. The molecule has 0 aliphatic rings. The zero-order valence-corrected chi connectivity index (χ0v) is 17.3. The SMILES string of the molecule is CCN(CC)c1ccc(-c2[nH]c3ccc(Br)cc3c2CCCCN)cc1. The van der Waals surface area contributed by atoms with E-state index < -0.39 is 0 Å². The molecule has 3 aromatic rings. The van der Waals surface area contributed by atoms with E-state index in [1.165, 1.54) is 33.4 Å². The Bertz CT molecular complexity index is 848. The number of nitrogens with one attached hydrogen (secondary N) is 1. The van der Waals surface area contributed by atoms with E-state index in [2.05, 4.69) is 82.1 Å². The number of halogens is 1. The lowest BCUT2D eigenvalue weighted by atomic mass is 10.00. The number of nitrogens with zero attached hydrogens (tertiary/aromatic N) is 1. The quantitative estimate of drug-likeness (QED) is 0.463. The second-order valence-corrected chi connectivity index (χ2v) is 7.55. The van der Waals surface area contributed by atoms with Crippen molar-refractivity contribution in [2.75, 3.05) is 24.5 Å². The second kappa shape index (κ2) is 8.74. The van der Waals surface area contributed by atoms with Gasteiger partial charge in [-0.15, -0.1) is 0 Å². The summed E-state index contributed by atoms with van der Waals surface area (Å²) in [6, 6.07) is 15.4. The molecule has 1 heterocycles. The Morgan fingerprint density at radius 1 is 1.00 bits per heavy atom. The molecule has 0 bridgehead atoms. The van der Waals surface area contributed by atoms with Crippen LogP contribution in [0.4, 0.5) is 5.69 Å². The molecule has 0 saturated carbocycles. The zero-order chi connectivity index (χ0) is 18.5. The highest BCUT2D eigenvalue weighted by Gasteiger charge is 2.14. The fourth-order valence-corrected chi connectivity index (χ4v) is 3.96. The van der Waals surface area contributed by atoms with E-state index in [9.17, 15) is 0 Å². The van der Waals surface area contributed by atoms with Gasteiger partial charge in [-0.05, 0) is 81.1 Å². The summed E-state index contributed by atoms with van der Waals surface area (Å²) in [4.78, 5) is 6.01. The normalized spacial score (nSPS) is 11.2. The Labute approximate surface area is 164 Å². The number of anilines is 1. The van der Waals surface area contributed by atoms with Gasteiger partial charge in [-0.2, -0.15) is 0 Å². The molecule has 1 aromatic heterocycles.